The molecule has 1 saturated carbocycles. The van der Waals surface area contributed by atoms with E-state index < -0.39 is 35.6 Å². The molecule has 1 heterocycles. The highest BCUT2D eigenvalue weighted by Gasteiger charge is 2.46. The molecule has 1 saturated heterocycles. The smallest absolute Gasteiger partial charge is 0.400 e. The van der Waals surface area contributed by atoms with Crippen molar-refractivity contribution in [1.29, 1.82) is 0 Å². The van der Waals surface area contributed by atoms with Gasteiger partial charge in [-0.1, -0.05) is 19.4 Å². The second-order valence-electron chi connectivity index (χ2n) is 8.79. The summed E-state index contributed by atoms with van der Waals surface area (Å²) in [7, 11) is 0. The van der Waals surface area contributed by atoms with E-state index in [1.165, 1.54) is 13.0 Å². The van der Waals surface area contributed by atoms with E-state index in [0.29, 0.717) is 18.8 Å². The van der Waals surface area contributed by atoms with E-state index in [4.69, 9.17) is 9.47 Å². The standard InChI is InChI=1S/C23H31F5O2/c1-3-4-15-6-12-18(29-13-15)16-7-9-17(10-8-16)23(27,28)30-19-11-5-14(2)21(24)20(19)22(25)26/h5,11,15-18,22H,3-4,6-10,12-13H2,1-2H3. The SMILES string of the molecule is CCCC1CCC(C2CCC(C(F)(F)Oc3ccc(C)c(F)c3C(F)F)CC2)OC1. The lowest BCUT2D eigenvalue weighted by Gasteiger charge is -2.39. The van der Waals surface area contributed by atoms with Gasteiger partial charge in [0, 0.05) is 6.61 Å². The summed E-state index contributed by atoms with van der Waals surface area (Å²) in [6, 6.07) is 2.18. The van der Waals surface area contributed by atoms with E-state index in [1.807, 2.05) is 0 Å². The van der Waals surface area contributed by atoms with Gasteiger partial charge in [-0.3, -0.25) is 0 Å². The minimum Gasteiger partial charge on any atom is -0.432 e. The van der Waals surface area contributed by atoms with Crippen LogP contribution in [0.25, 0.3) is 0 Å². The van der Waals surface area contributed by atoms with E-state index >= 15 is 0 Å². The zero-order valence-corrected chi connectivity index (χ0v) is 17.6. The van der Waals surface area contributed by atoms with Crippen LogP contribution in [0.2, 0.25) is 0 Å². The molecule has 1 aliphatic heterocycles. The largest absolute Gasteiger partial charge is 0.432 e. The molecule has 170 valence electrons. The van der Waals surface area contributed by atoms with Crippen LogP contribution in [0.4, 0.5) is 22.0 Å². The van der Waals surface area contributed by atoms with Gasteiger partial charge in [-0.15, -0.1) is 0 Å². The molecule has 2 aliphatic rings. The topological polar surface area (TPSA) is 18.5 Å². The van der Waals surface area contributed by atoms with Gasteiger partial charge in [-0.05, 0) is 75.3 Å². The predicted octanol–water partition coefficient (Wildman–Crippen LogP) is 7.45. The van der Waals surface area contributed by atoms with Crippen LogP contribution in [0.5, 0.6) is 5.75 Å². The summed E-state index contributed by atoms with van der Waals surface area (Å²) in [5, 5.41) is 0. The van der Waals surface area contributed by atoms with E-state index in [0.717, 1.165) is 38.4 Å². The van der Waals surface area contributed by atoms with Crippen molar-refractivity contribution in [2.45, 2.75) is 83.9 Å². The Morgan fingerprint density at radius 2 is 1.80 bits per heavy atom. The Bertz CT molecular complexity index is 693. The van der Waals surface area contributed by atoms with Gasteiger partial charge in [0.2, 0.25) is 0 Å². The Morgan fingerprint density at radius 1 is 1.10 bits per heavy atom. The normalized spacial score (nSPS) is 28.0. The number of hydrogen-bond donors (Lipinski definition) is 0. The summed E-state index contributed by atoms with van der Waals surface area (Å²) in [6.45, 7) is 4.21. The number of alkyl halides is 4. The highest BCUT2D eigenvalue weighted by Crippen LogP contribution is 2.44. The van der Waals surface area contributed by atoms with Crippen LogP contribution < -0.4 is 4.74 Å². The number of aryl methyl sites for hydroxylation is 1. The molecule has 2 nitrogen and oxygen atoms in total. The number of halogens is 5. The van der Waals surface area contributed by atoms with Crippen molar-refractivity contribution in [3.63, 3.8) is 0 Å². The van der Waals surface area contributed by atoms with Crippen molar-refractivity contribution in [2.24, 2.45) is 17.8 Å². The van der Waals surface area contributed by atoms with E-state index in [-0.39, 0.29) is 30.4 Å². The summed E-state index contributed by atoms with van der Waals surface area (Å²) in [5.74, 6) is -2.22. The Kier molecular flexibility index (Phi) is 7.64. The Morgan fingerprint density at radius 3 is 2.37 bits per heavy atom. The van der Waals surface area contributed by atoms with Gasteiger partial charge in [0.15, 0.2) is 0 Å². The van der Waals surface area contributed by atoms with E-state index in [9.17, 15) is 22.0 Å². The average Bonchev–Trinajstić information content (AvgIpc) is 2.71. The van der Waals surface area contributed by atoms with Crippen molar-refractivity contribution in [3.05, 3.63) is 29.1 Å². The molecule has 7 heteroatoms. The third kappa shape index (κ3) is 5.27. The lowest BCUT2D eigenvalue weighted by atomic mass is 9.76. The first-order chi connectivity index (χ1) is 14.2. The monoisotopic (exact) mass is 434 g/mol. The van der Waals surface area contributed by atoms with Crippen molar-refractivity contribution in [3.8, 4) is 5.75 Å². The molecular formula is C23H31F5O2. The summed E-state index contributed by atoms with van der Waals surface area (Å²) in [6.07, 6.45) is -0.719. The Hall–Kier alpha value is -1.37. The Labute approximate surface area is 175 Å². The second-order valence-corrected chi connectivity index (χ2v) is 8.79. The van der Waals surface area contributed by atoms with Gasteiger partial charge >= 0.3 is 6.11 Å². The van der Waals surface area contributed by atoms with Crippen LogP contribution in [-0.4, -0.2) is 18.8 Å². The maximum absolute atomic E-state index is 14.8. The maximum Gasteiger partial charge on any atom is 0.400 e. The molecular weight excluding hydrogens is 403 g/mol. The molecule has 1 aliphatic carbocycles. The average molecular weight is 434 g/mol. The summed E-state index contributed by atoms with van der Waals surface area (Å²) in [5.41, 5.74) is -1.13. The van der Waals surface area contributed by atoms with Crippen LogP contribution in [0.15, 0.2) is 12.1 Å². The first kappa shape index (κ1) is 23.3. The third-order valence-corrected chi connectivity index (χ3v) is 6.67. The molecule has 0 spiro atoms. The maximum atomic E-state index is 14.8. The molecule has 30 heavy (non-hydrogen) atoms. The molecule has 1 aromatic carbocycles. The number of benzene rings is 1. The summed E-state index contributed by atoms with van der Waals surface area (Å²) in [4.78, 5) is 0. The third-order valence-electron chi connectivity index (χ3n) is 6.67. The number of rotatable bonds is 7. The molecule has 2 atom stereocenters. The number of hydrogen-bond acceptors (Lipinski definition) is 2. The van der Waals surface area contributed by atoms with Gasteiger partial charge in [0.05, 0.1) is 17.6 Å². The molecule has 2 fully saturated rings. The predicted molar refractivity (Wildman–Crippen MR) is 104 cm³/mol. The molecule has 0 radical (unpaired) electrons. The van der Waals surface area contributed by atoms with Crippen molar-refractivity contribution in [2.75, 3.05) is 6.61 Å². The zero-order valence-electron chi connectivity index (χ0n) is 17.6. The van der Waals surface area contributed by atoms with Crippen LogP contribution in [0.1, 0.15) is 75.8 Å². The van der Waals surface area contributed by atoms with Crippen LogP contribution in [0.3, 0.4) is 0 Å². The zero-order chi connectivity index (χ0) is 21.9. The molecule has 0 N–H and O–H groups in total. The van der Waals surface area contributed by atoms with Crippen LogP contribution in [-0.2, 0) is 4.74 Å². The fourth-order valence-electron chi connectivity index (χ4n) is 4.87. The molecule has 0 amide bonds. The minimum atomic E-state index is -3.63. The van der Waals surface area contributed by atoms with Gasteiger partial charge in [-0.2, -0.15) is 8.78 Å². The quantitative estimate of drug-likeness (QED) is 0.415. The second kappa shape index (κ2) is 9.84. The van der Waals surface area contributed by atoms with Gasteiger partial charge in [-0.25, -0.2) is 13.2 Å². The first-order valence-corrected chi connectivity index (χ1v) is 11.0. The Balaban J connectivity index is 1.58. The van der Waals surface area contributed by atoms with Gasteiger partial charge in [0.25, 0.3) is 6.43 Å². The van der Waals surface area contributed by atoms with Gasteiger partial charge < -0.3 is 9.47 Å². The molecule has 0 bridgehead atoms. The van der Waals surface area contributed by atoms with E-state index in [2.05, 4.69) is 6.92 Å². The summed E-state index contributed by atoms with van der Waals surface area (Å²) < 4.78 is 80.8. The van der Waals surface area contributed by atoms with Crippen molar-refractivity contribution in [1.82, 2.24) is 0 Å². The van der Waals surface area contributed by atoms with Crippen LogP contribution in [0, 0.1) is 30.5 Å². The minimum absolute atomic E-state index is 0.0323. The molecule has 2 unspecified atom stereocenters. The fraction of sp³-hybridized carbons (Fsp3) is 0.739. The highest BCUT2D eigenvalue weighted by molar-refractivity contribution is 5.39. The first-order valence-electron chi connectivity index (χ1n) is 11.0. The van der Waals surface area contributed by atoms with E-state index in [1.54, 1.807) is 0 Å². The lowest BCUT2D eigenvalue weighted by Crippen LogP contribution is -2.40. The molecule has 1 aromatic rings. The number of ether oxygens (including phenoxy) is 2. The van der Waals surface area contributed by atoms with Gasteiger partial charge in [0.1, 0.15) is 11.6 Å². The van der Waals surface area contributed by atoms with Crippen molar-refractivity contribution >= 4 is 0 Å². The van der Waals surface area contributed by atoms with Crippen LogP contribution >= 0.6 is 0 Å². The lowest BCUT2D eigenvalue weighted by molar-refractivity contribution is -0.226. The van der Waals surface area contributed by atoms with Crippen molar-refractivity contribution < 1.29 is 31.4 Å². The molecule has 0 aromatic heterocycles. The summed E-state index contributed by atoms with van der Waals surface area (Å²) >= 11 is 0. The highest BCUT2D eigenvalue weighted by atomic mass is 19.3. The fourth-order valence-corrected chi connectivity index (χ4v) is 4.87. The molecule has 3 rings (SSSR count).